The predicted molar refractivity (Wildman–Crippen MR) is 87.5 cm³/mol. The quantitative estimate of drug-likeness (QED) is 0.749. The summed E-state index contributed by atoms with van der Waals surface area (Å²) >= 11 is 0. The maximum absolute atomic E-state index is 5.98. The zero-order valence-electron chi connectivity index (χ0n) is 12.9. The second-order valence-electron chi connectivity index (χ2n) is 6.17. The monoisotopic (exact) mass is 283 g/mol. The zero-order valence-corrected chi connectivity index (χ0v) is 12.9. The average Bonchev–Trinajstić information content (AvgIpc) is 2.95. The number of rotatable bonds is 5. The molecule has 0 aliphatic heterocycles. The van der Waals surface area contributed by atoms with Crippen molar-refractivity contribution in [2.24, 2.45) is 13.0 Å². The molecule has 1 aliphatic carbocycles. The van der Waals surface area contributed by atoms with Gasteiger partial charge in [0.1, 0.15) is 5.75 Å². The molecular weight excluding hydrogens is 258 g/mol. The fourth-order valence-corrected chi connectivity index (χ4v) is 3.33. The lowest BCUT2D eigenvalue weighted by Crippen LogP contribution is -2.10. The lowest BCUT2D eigenvalue weighted by Gasteiger charge is -2.21. The number of aryl methyl sites for hydroxylation is 1. The van der Waals surface area contributed by atoms with Crippen LogP contribution in [0.2, 0.25) is 0 Å². The smallest absolute Gasteiger partial charge is 0.119 e. The Morgan fingerprint density at radius 3 is 2.71 bits per heavy atom. The number of nitrogens with zero attached hydrogens (tertiary/aromatic N) is 1. The first-order chi connectivity index (χ1) is 10.3. The summed E-state index contributed by atoms with van der Waals surface area (Å²) in [7, 11) is 2.08. The zero-order chi connectivity index (χ0) is 14.5. The van der Waals surface area contributed by atoms with E-state index in [9.17, 15) is 0 Å². The largest absolute Gasteiger partial charge is 0.494 e. The van der Waals surface area contributed by atoms with Gasteiger partial charge in [-0.05, 0) is 36.6 Å². The van der Waals surface area contributed by atoms with E-state index in [1.54, 1.807) is 0 Å². The predicted octanol–water partition coefficient (Wildman–Crippen LogP) is 5.04. The molecule has 0 atom stereocenters. The molecule has 112 valence electrons. The van der Waals surface area contributed by atoms with Gasteiger partial charge in [-0.1, -0.05) is 44.2 Å². The highest BCUT2D eigenvalue weighted by molar-refractivity contribution is 5.61. The van der Waals surface area contributed by atoms with Gasteiger partial charge in [-0.3, -0.25) is 0 Å². The fourth-order valence-electron chi connectivity index (χ4n) is 3.33. The van der Waals surface area contributed by atoms with Crippen molar-refractivity contribution in [2.45, 2.75) is 38.5 Å². The summed E-state index contributed by atoms with van der Waals surface area (Å²) in [4.78, 5) is 0. The SMILES string of the molecule is Cn1cccc1-c1cccc(OCCC2CCCCC2)c1. The van der Waals surface area contributed by atoms with Gasteiger partial charge in [0.15, 0.2) is 0 Å². The summed E-state index contributed by atoms with van der Waals surface area (Å²) < 4.78 is 8.12. The molecule has 21 heavy (non-hydrogen) atoms. The molecule has 1 heterocycles. The minimum absolute atomic E-state index is 0.848. The Morgan fingerprint density at radius 1 is 1.10 bits per heavy atom. The molecule has 0 bridgehead atoms. The van der Waals surface area contributed by atoms with Crippen LogP contribution in [0.15, 0.2) is 42.6 Å². The fraction of sp³-hybridized carbons (Fsp3) is 0.474. The van der Waals surface area contributed by atoms with E-state index < -0.39 is 0 Å². The molecule has 0 saturated heterocycles. The molecule has 1 saturated carbocycles. The minimum Gasteiger partial charge on any atom is -0.494 e. The van der Waals surface area contributed by atoms with Gasteiger partial charge >= 0.3 is 0 Å². The maximum atomic E-state index is 5.98. The normalized spacial score (nSPS) is 16.0. The molecule has 0 amide bonds. The number of hydrogen-bond donors (Lipinski definition) is 0. The first-order valence-corrected chi connectivity index (χ1v) is 8.17. The molecular formula is C19H25NO. The molecule has 0 spiro atoms. The lowest BCUT2D eigenvalue weighted by atomic mass is 9.87. The molecule has 1 aliphatic rings. The molecule has 3 rings (SSSR count). The van der Waals surface area contributed by atoms with Crippen LogP contribution >= 0.6 is 0 Å². The van der Waals surface area contributed by atoms with Crippen molar-refractivity contribution in [3.8, 4) is 17.0 Å². The van der Waals surface area contributed by atoms with Gasteiger partial charge in [-0.25, -0.2) is 0 Å². The Morgan fingerprint density at radius 2 is 1.95 bits per heavy atom. The minimum atomic E-state index is 0.848. The van der Waals surface area contributed by atoms with E-state index in [-0.39, 0.29) is 0 Å². The first kappa shape index (κ1) is 14.2. The highest BCUT2D eigenvalue weighted by Crippen LogP contribution is 2.27. The van der Waals surface area contributed by atoms with Crippen LogP contribution < -0.4 is 4.74 Å². The van der Waals surface area contributed by atoms with E-state index in [4.69, 9.17) is 4.74 Å². The van der Waals surface area contributed by atoms with Gasteiger partial charge in [-0.15, -0.1) is 0 Å². The maximum Gasteiger partial charge on any atom is 0.119 e. The van der Waals surface area contributed by atoms with Gasteiger partial charge in [-0.2, -0.15) is 0 Å². The topological polar surface area (TPSA) is 14.2 Å². The second kappa shape index (κ2) is 6.84. The van der Waals surface area contributed by atoms with Gasteiger partial charge < -0.3 is 9.30 Å². The Labute approximate surface area is 127 Å². The number of benzene rings is 1. The van der Waals surface area contributed by atoms with Crippen molar-refractivity contribution in [3.05, 3.63) is 42.6 Å². The molecule has 0 N–H and O–H groups in total. The van der Waals surface area contributed by atoms with Crippen LogP contribution in [-0.4, -0.2) is 11.2 Å². The van der Waals surface area contributed by atoms with Gasteiger partial charge in [0.2, 0.25) is 0 Å². The highest BCUT2D eigenvalue weighted by Gasteiger charge is 2.13. The van der Waals surface area contributed by atoms with Crippen molar-refractivity contribution in [2.75, 3.05) is 6.61 Å². The molecule has 2 heteroatoms. The third-order valence-corrected chi connectivity index (χ3v) is 4.59. The van der Waals surface area contributed by atoms with Crippen LogP contribution in [-0.2, 0) is 7.05 Å². The van der Waals surface area contributed by atoms with Crippen molar-refractivity contribution in [1.29, 1.82) is 0 Å². The Bertz CT molecular complexity index is 566. The van der Waals surface area contributed by atoms with Crippen LogP contribution in [0.5, 0.6) is 5.75 Å². The standard InChI is InChI=1S/C19H25NO/c1-20-13-6-11-19(20)17-9-5-10-18(15-17)21-14-12-16-7-3-2-4-8-16/h5-6,9-11,13,15-16H,2-4,7-8,12,14H2,1H3. The summed E-state index contributed by atoms with van der Waals surface area (Å²) in [6.45, 7) is 0.848. The molecule has 1 fully saturated rings. The summed E-state index contributed by atoms with van der Waals surface area (Å²) in [5, 5.41) is 0. The molecule has 0 unspecified atom stereocenters. The van der Waals surface area contributed by atoms with E-state index in [0.717, 1.165) is 18.3 Å². The number of aromatic nitrogens is 1. The van der Waals surface area contributed by atoms with Crippen LogP contribution in [0.1, 0.15) is 38.5 Å². The first-order valence-electron chi connectivity index (χ1n) is 8.17. The molecule has 2 aromatic rings. The Kier molecular flexibility index (Phi) is 4.64. The Balaban J connectivity index is 1.57. The summed E-state index contributed by atoms with van der Waals surface area (Å²) in [5.74, 6) is 1.87. The van der Waals surface area contributed by atoms with Gasteiger partial charge in [0.25, 0.3) is 0 Å². The molecule has 1 aromatic carbocycles. The average molecular weight is 283 g/mol. The van der Waals surface area contributed by atoms with Crippen molar-refractivity contribution in [1.82, 2.24) is 4.57 Å². The molecule has 0 radical (unpaired) electrons. The van der Waals surface area contributed by atoms with E-state index in [0.29, 0.717) is 0 Å². The van der Waals surface area contributed by atoms with Crippen LogP contribution in [0.3, 0.4) is 0 Å². The number of ether oxygens (including phenoxy) is 1. The Hall–Kier alpha value is -1.70. The van der Waals surface area contributed by atoms with E-state index >= 15 is 0 Å². The van der Waals surface area contributed by atoms with E-state index in [1.807, 2.05) is 0 Å². The highest BCUT2D eigenvalue weighted by atomic mass is 16.5. The van der Waals surface area contributed by atoms with Crippen molar-refractivity contribution < 1.29 is 4.74 Å². The third-order valence-electron chi connectivity index (χ3n) is 4.59. The summed E-state index contributed by atoms with van der Waals surface area (Å²) in [5.41, 5.74) is 2.45. The second-order valence-corrected chi connectivity index (χ2v) is 6.17. The summed E-state index contributed by atoms with van der Waals surface area (Å²) in [6, 6.07) is 12.7. The van der Waals surface area contributed by atoms with Gasteiger partial charge in [0.05, 0.1) is 6.61 Å². The van der Waals surface area contributed by atoms with Crippen LogP contribution in [0.25, 0.3) is 11.3 Å². The number of hydrogen-bond acceptors (Lipinski definition) is 1. The van der Waals surface area contributed by atoms with Crippen molar-refractivity contribution >= 4 is 0 Å². The molecule has 2 nitrogen and oxygen atoms in total. The lowest BCUT2D eigenvalue weighted by molar-refractivity contribution is 0.246. The van der Waals surface area contributed by atoms with Gasteiger partial charge in [0, 0.05) is 24.5 Å². The molecule has 1 aromatic heterocycles. The van der Waals surface area contributed by atoms with Crippen molar-refractivity contribution in [3.63, 3.8) is 0 Å². The van der Waals surface area contributed by atoms with Crippen LogP contribution in [0.4, 0.5) is 0 Å². The summed E-state index contributed by atoms with van der Waals surface area (Å²) in [6.07, 6.45) is 10.3. The van der Waals surface area contributed by atoms with E-state index in [2.05, 4.69) is 54.2 Å². The van der Waals surface area contributed by atoms with Crippen LogP contribution in [0, 0.1) is 5.92 Å². The van der Waals surface area contributed by atoms with E-state index in [1.165, 1.54) is 49.8 Å². The third kappa shape index (κ3) is 3.69.